The van der Waals surface area contributed by atoms with Crippen LogP contribution in [0.15, 0.2) is 4.52 Å². The molecule has 3 rings (SSSR count). The van der Waals surface area contributed by atoms with Gasteiger partial charge in [-0.3, -0.25) is 9.69 Å². The second kappa shape index (κ2) is 6.55. The topological polar surface area (TPSA) is 88.8 Å². The molecule has 1 aliphatic carbocycles. The minimum atomic E-state index is -0.476. The number of ether oxygens (including phenoxy) is 1. The summed E-state index contributed by atoms with van der Waals surface area (Å²) in [7, 11) is 3.03. The van der Waals surface area contributed by atoms with Gasteiger partial charge < -0.3 is 14.2 Å². The number of hydrogen-bond acceptors (Lipinski definition) is 6. The van der Waals surface area contributed by atoms with Gasteiger partial charge in [-0.15, -0.1) is 0 Å². The van der Waals surface area contributed by atoms with Gasteiger partial charge in [-0.2, -0.15) is 4.98 Å². The first-order valence-electron chi connectivity index (χ1n) is 8.02. The van der Waals surface area contributed by atoms with Crippen molar-refractivity contribution in [1.29, 1.82) is 0 Å². The normalized spacial score (nSPS) is 21.1. The Kier molecular flexibility index (Phi) is 4.49. The molecule has 8 nitrogen and oxygen atoms in total. The van der Waals surface area contributed by atoms with Crippen LogP contribution in [0.25, 0.3) is 0 Å². The van der Waals surface area contributed by atoms with Crippen molar-refractivity contribution < 1.29 is 18.8 Å². The SMILES string of the molecule is COC(=O)N1CCCC[C@@H]1C(=O)N(C)Cc1noc(C2CC2)n1. The fraction of sp³-hybridized carbons (Fsp3) is 0.733. The second-order valence-corrected chi connectivity index (χ2v) is 6.19. The molecule has 1 saturated carbocycles. The van der Waals surface area contributed by atoms with E-state index in [0.29, 0.717) is 30.6 Å². The summed E-state index contributed by atoms with van der Waals surface area (Å²) in [6.07, 6.45) is 4.19. The van der Waals surface area contributed by atoms with Crippen LogP contribution in [-0.2, 0) is 16.1 Å². The van der Waals surface area contributed by atoms with Crippen molar-refractivity contribution in [1.82, 2.24) is 19.9 Å². The van der Waals surface area contributed by atoms with Crippen molar-refractivity contribution in [3.8, 4) is 0 Å². The van der Waals surface area contributed by atoms with Gasteiger partial charge in [0.2, 0.25) is 11.8 Å². The van der Waals surface area contributed by atoms with Crippen LogP contribution in [0.5, 0.6) is 0 Å². The third-order valence-electron chi connectivity index (χ3n) is 4.36. The van der Waals surface area contributed by atoms with Gasteiger partial charge in [0, 0.05) is 19.5 Å². The van der Waals surface area contributed by atoms with E-state index in [1.54, 1.807) is 11.9 Å². The van der Waals surface area contributed by atoms with Crippen molar-refractivity contribution in [2.45, 2.75) is 50.6 Å². The average molecular weight is 322 g/mol. The zero-order valence-electron chi connectivity index (χ0n) is 13.5. The summed E-state index contributed by atoms with van der Waals surface area (Å²) in [6.45, 7) is 0.825. The van der Waals surface area contributed by atoms with E-state index in [1.165, 1.54) is 12.0 Å². The average Bonchev–Trinajstić information content (AvgIpc) is 3.33. The number of carbonyl (C=O) groups is 2. The predicted octanol–water partition coefficient (Wildman–Crippen LogP) is 1.53. The van der Waals surface area contributed by atoms with E-state index < -0.39 is 12.1 Å². The van der Waals surface area contributed by atoms with Crippen LogP contribution in [0.3, 0.4) is 0 Å². The van der Waals surface area contributed by atoms with Crippen LogP contribution in [0.2, 0.25) is 0 Å². The molecule has 0 aromatic carbocycles. The molecule has 2 aliphatic rings. The smallest absolute Gasteiger partial charge is 0.410 e. The number of carbonyl (C=O) groups excluding carboxylic acids is 2. The Balaban J connectivity index is 1.63. The molecule has 1 aromatic rings. The molecule has 0 bridgehead atoms. The summed E-state index contributed by atoms with van der Waals surface area (Å²) in [6, 6.07) is -0.476. The lowest BCUT2D eigenvalue weighted by molar-refractivity contribution is -0.136. The highest BCUT2D eigenvalue weighted by atomic mass is 16.5. The number of likely N-dealkylation sites (N-methyl/N-ethyl adjacent to an activating group) is 1. The van der Waals surface area contributed by atoms with Crippen molar-refractivity contribution in [2.24, 2.45) is 0 Å². The number of piperidine rings is 1. The lowest BCUT2D eigenvalue weighted by Crippen LogP contribution is -2.52. The quantitative estimate of drug-likeness (QED) is 0.835. The predicted molar refractivity (Wildman–Crippen MR) is 79.5 cm³/mol. The van der Waals surface area contributed by atoms with Crippen LogP contribution in [0, 0.1) is 0 Å². The van der Waals surface area contributed by atoms with E-state index in [0.717, 1.165) is 25.7 Å². The third-order valence-corrected chi connectivity index (χ3v) is 4.36. The second-order valence-electron chi connectivity index (χ2n) is 6.19. The van der Waals surface area contributed by atoms with Crippen LogP contribution < -0.4 is 0 Å². The van der Waals surface area contributed by atoms with Crippen LogP contribution in [0.4, 0.5) is 4.79 Å². The molecule has 0 radical (unpaired) electrons. The number of amides is 2. The van der Waals surface area contributed by atoms with Crippen molar-refractivity contribution in [3.05, 3.63) is 11.7 Å². The van der Waals surface area contributed by atoms with E-state index in [4.69, 9.17) is 9.26 Å². The molecule has 1 atom stereocenters. The Morgan fingerprint density at radius 1 is 1.35 bits per heavy atom. The maximum atomic E-state index is 12.7. The van der Waals surface area contributed by atoms with E-state index in [-0.39, 0.29) is 12.5 Å². The molecule has 1 aliphatic heterocycles. The Bertz CT molecular complexity index is 584. The Hall–Kier alpha value is -2.12. The maximum Gasteiger partial charge on any atom is 0.410 e. The van der Waals surface area contributed by atoms with Crippen LogP contribution in [-0.4, -0.2) is 58.7 Å². The minimum Gasteiger partial charge on any atom is -0.453 e. The molecular formula is C15H22N4O4. The van der Waals surface area contributed by atoms with Crippen molar-refractivity contribution in [2.75, 3.05) is 20.7 Å². The summed E-state index contributed by atoms with van der Waals surface area (Å²) in [4.78, 5) is 31.9. The number of methoxy groups -OCH3 is 1. The largest absolute Gasteiger partial charge is 0.453 e. The van der Waals surface area contributed by atoms with E-state index in [2.05, 4.69) is 10.1 Å². The first-order valence-corrected chi connectivity index (χ1v) is 8.02. The van der Waals surface area contributed by atoms with E-state index in [9.17, 15) is 9.59 Å². The molecule has 0 N–H and O–H groups in total. The summed E-state index contributed by atoms with van der Waals surface area (Å²) in [5, 5.41) is 3.93. The Morgan fingerprint density at radius 2 is 2.13 bits per heavy atom. The van der Waals surface area contributed by atoms with Gasteiger partial charge in [-0.05, 0) is 32.1 Å². The number of nitrogens with zero attached hydrogens (tertiary/aromatic N) is 4. The van der Waals surface area contributed by atoms with Gasteiger partial charge in [0.25, 0.3) is 0 Å². The molecule has 23 heavy (non-hydrogen) atoms. The molecule has 0 unspecified atom stereocenters. The summed E-state index contributed by atoms with van der Waals surface area (Å²) >= 11 is 0. The van der Waals surface area contributed by atoms with E-state index >= 15 is 0 Å². The van der Waals surface area contributed by atoms with Crippen molar-refractivity contribution >= 4 is 12.0 Å². The van der Waals surface area contributed by atoms with E-state index in [1.807, 2.05) is 0 Å². The highest BCUT2D eigenvalue weighted by Gasteiger charge is 2.35. The monoisotopic (exact) mass is 322 g/mol. The lowest BCUT2D eigenvalue weighted by atomic mass is 10.0. The summed E-state index contributed by atoms with van der Waals surface area (Å²) < 4.78 is 9.99. The summed E-state index contributed by atoms with van der Waals surface area (Å²) in [5.74, 6) is 1.44. The molecule has 8 heteroatoms. The van der Waals surface area contributed by atoms with Crippen LogP contribution in [0.1, 0.15) is 49.7 Å². The number of likely N-dealkylation sites (tertiary alicyclic amines) is 1. The molecule has 2 amide bonds. The maximum absolute atomic E-state index is 12.7. The van der Waals surface area contributed by atoms with Gasteiger partial charge in [0.15, 0.2) is 5.82 Å². The van der Waals surface area contributed by atoms with Crippen LogP contribution >= 0.6 is 0 Å². The Labute approximate surface area is 134 Å². The lowest BCUT2D eigenvalue weighted by Gasteiger charge is -2.35. The highest BCUT2D eigenvalue weighted by molar-refractivity contribution is 5.85. The van der Waals surface area contributed by atoms with Gasteiger partial charge in [0.05, 0.1) is 13.7 Å². The standard InChI is InChI=1S/C15H22N4O4/c1-18(9-12-16-13(23-17-12)10-6-7-10)14(20)11-5-3-4-8-19(11)15(21)22-2/h10-11H,3-9H2,1-2H3/t11-/m1/s1. The molecule has 2 fully saturated rings. The molecular weight excluding hydrogens is 300 g/mol. The minimum absolute atomic E-state index is 0.118. The first-order chi connectivity index (χ1) is 11.1. The number of hydrogen-bond donors (Lipinski definition) is 0. The van der Waals surface area contributed by atoms with Gasteiger partial charge >= 0.3 is 6.09 Å². The van der Waals surface area contributed by atoms with Crippen molar-refractivity contribution in [3.63, 3.8) is 0 Å². The molecule has 2 heterocycles. The fourth-order valence-electron chi connectivity index (χ4n) is 2.90. The fourth-order valence-corrected chi connectivity index (χ4v) is 2.90. The first kappa shape index (κ1) is 15.8. The molecule has 126 valence electrons. The van der Waals surface area contributed by atoms with Gasteiger partial charge in [-0.25, -0.2) is 4.79 Å². The third kappa shape index (κ3) is 3.46. The van der Waals surface area contributed by atoms with Gasteiger partial charge in [0.1, 0.15) is 6.04 Å². The number of rotatable bonds is 4. The molecule has 0 spiro atoms. The zero-order valence-corrected chi connectivity index (χ0v) is 13.5. The molecule has 1 aromatic heterocycles. The van der Waals surface area contributed by atoms with Gasteiger partial charge in [-0.1, -0.05) is 5.16 Å². The highest BCUT2D eigenvalue weighted by Crippen LogP contribution is 2.38. The number of aromatic nitrogens is 2. The Morgan fingerprint density at radius 3 is 2.83 bits per heavy atom. The summed E-state index contributed by atoms with van der Waals surface area (Å²) in [5.41, 5.74) is 0. The molecule has 1 saturated heterocycles. The zero-order chi connectivity index (χ0) is 16.4.